The van der Waals surface area contributed by atoms with Crippen LogP contribution in [0.25, 0.3) is 11.3 Å². The maximum absolute atomic E-state index is 11.7. The fourth-order valence-electron chi connectivity index (χ4n) is 3.47. The maximum Gasteiger partial charge on any atom is 0.257 e. The number of nitrogens with zero attached hydrogens (tertiary/aromatic N) is 6. The lowest BCUT2D eigenvalue weighted by Gasteiger charge is -2.03. The molecule has 0 aliphatic carbocycles. The van der Waals surface area contributed by atoms with Gasteiger partial charge in [-0.05, 0) is 38.0 Å². The Bertz CT molecular complexity index is 1600. The molecule has 0 aliphatic heterocycles. The Labute approximate surface area is 213 Å². The van der Waals surface area contributed by atoms with E-state index in [4.69, 9.17) is 26.6 Å². The van der Waals surface area contributed by atoms with Gasteiger partial charge in [-0.2, -0.15) is 14.1 Å². The van der Waals surface area contributed by atoms with Crippen molar-refractivity contribution in [1.29, 1.82) is 0 Å². The van der Waals surface area contributed by atoms with Crippen molar-refractivity contribution in [3.8, 4) is 5.88 Å². The first-order valence-corrected chi connectivity index (χ1v) is 14.5. The summed E-state index contributed by atoms with van der Waals surface area (Å²) in [5.41, 5.74) is 1.72. The lowest BCUT2D eigenvalue weighted by atomic mass is 10.3. The van der Waals surface area contributed by atoms with Crippen LogP contribution >= 0.6 is 11.6 Å². The van der Waals surface area contributed by atoms with Crippen LogP contribution in [0.1, 0.15) is 45.0 Å². The molecule has 0 aliphatic rings. The van der Waals surface area contributed by atoms with E-state index in [-0.39, 0.29) is 15.2 Å². The van der Waals surface area contributed by atoms with Gasteiger partial charge in [0, 0.05) is 6.07 Å². The molecule has 0 radical (unpaired) electrons. The van der Waals surface area contributed by atoms with Gasteiger partial charge in [0.2, 0.25) is 5.88 Å². The molecule has 0 aromatic carbocycles. The minimum Gasteiger partial charge on any atom is -0.477 e. The number of primary sulfonamides is 2. The second-order valence-electron chi connectivity index (χ2n) is 7.62. The van der Waals surface area contributed by atoms with Gasteiger partial charge in [0.25, 0.3) is 20.0 Å². The summed E-state index contributed by atoms with van der Waals surface area (Å²) in [6.07, 6.45) is 2.58. The third-order valence-electron chi connectivity index (χ3n) is 4.76. The number of ether oxygens (including phenoxy) is 1. The molecule has 0 amide bonds. The third kappa shape index (κ3) is 6.10. The maximum atomic E-state index is 11.7. The number of halogens is 1. The van der Waals surface area contributed by atoms with E-state index in [2.05, 4.69) is 20.2 Å². The summed E-state index contributed by atoms with van der Waals surface area (Å²) in [4.78, 5) is 8.45. The normalized spacial score (nSPS) is 12.1. The number of imidazole rings is 2. The zero-order valence-corrected chi connectivity index (χ0v) is 22.3. The van der Waals surface area contributed by atoms with Crippen molar-refractivity contribution in [3.05, 3.63) is 40.8 Å². The van der Waals surface area contributed by atoms with Crippen LogP contribution < -0.4 is 15.0 Å². The molecular weight excluding hydrogens is 532 g/mol. The van der Waals surface area contributed by atoms with Crippen LogP contribution in [-0.4, -0.2) is 52.6 Å². The number of aromatic nitrogens is 6. The van der Waals surface area contributed by atoms with Crippen molar-refractivity contribution in [2.75, 3.05) is 6.61 Å². The average Bonchev–Trinajstić information content (AvgIpc) is 3.31. The lowest BCUT2D eigenvalue weighted by molar-refractivity contribution is 0.320. The number of sulfonamides is 2. The van der Waals surface area contributed by atoms with Crippen molar-refractivity contribution in [3.63, 3.8) is 0 Å². The molecule has 0 spiro atoms. The Kier molecular flexibility index (Phi) is 8.51. The molecule has 4 aromatic rings. The Morgan fingerprint density at radius 2 is 1.28 bits per heavy atom. The van der Waals surface area contributed by atoms with Crippen molar-refractivity contribution < 1.29 is 21.6 Å². The summed E-state index contributed by atoms with van der Waals surface area (Å²) in [6, 6.07) is 6.45. The van der Waals surface area contributed by atoms with Crippen LogP contribution in [-0.2, 0) is 32.9 Å². The van der Waals surface area contributed by atoms with Gasteiger partial charge in [-0.25, -0.2) is 37.1 Å². The van der Waals surface area contributed by atoms with Gasteiger partial charge in [0.1, 0.15) is 5.15 Å². The van der Waals surface area contributed by atoms with Gasteiger partial charge >= 0.3 is 0 Å². The van der Waals surface area contributed by atoms with Crippen LogP contribution in [0, 0.1) is 0 Å². The number of nitrogens with two attached hydrogens (primary N) is 2. The summed E-state index contributed by atoms with van der Waals surface area (Å²) < 4.78 is 54.2. The van der Waals surface area contributed by atoms with E-state index in [1.807, 2.05) is 20.8 Å². The van der Waals surface area contributed by atoms with E-state index in [9.17, 15) is 16.8 Å². The second kappa shape index (κ2) is 11.0. The second-order valence-corrected chi connectivity index (χ2v) is 11.0. The molecular formula is C20H27ClN8O5S2. The highest BCUT2D eigenvalue weighted by Gasteiger charge is 2.23. The highest BCUT2D eigenvalue weighted by atomic mass is 35.5. The smallest absolute Gasteiger partial charge is 0.257 e. The highest BCUT2D eigenvalue weighted by Crippen LogP contribution is 2.20. The Morgan fingerprint density at radius 3 is 1.72 bits per heavy atom. The number of aryl methyl sites for hydroxylation is 2. The first kappa shape index (κ1) is 27.7. The molecule has 0 saturated carbocycles. The molecule has 4 heterocycles. The van der Waals surface area contributed by atoms with Gasteiger partial charge in [-0.15, -0.1) is 5.10 Å². The van der Waals surface area contributed by atoms with E-state index >= 15 is 0 Å². The van der Waals surface area contributed by atoms with E-state index < -0.39 is 20.0 Å². The summed E-state index contributed by atoms with van der Waals surface area (Å²) in [7, 11) is -7.76. The molecule has 16 heteroatoms. The van der Waals surface area contributed by atoms with Crippen LogP contribution in [0.3, 0.4) is 0 Å². The minimum absolute atomic E-state index is 0.0640. The molecule has 13 nitrogen and oxygen atoms in total. The van der Waals surface area contributed by atoms with Crippen molar-refractivity contribution in [2.45, 2.75) is 56.5 Å². The number of fused-ring (bicyclic) bond motifs is 2. The van der Waals surface area contributed by atoms with E-state index in [0.717, 1.165) is 12.8 Å². The monoisotopic (exact) mass is 558 g/mol. The SMILES string of the molecule is CCCc1nc2ccc(Cl)nn2c1S(N)(=O)=O.CCCc1nc2ccc(OCC)nn2c1S(N)(=O)=O. The fourth-order valence-corrected chi connectivity index (χ4v) is 5.31. The fraction of sp³-hybridized carbons (Fsp3) is 0.400. The summed E-state index contributed by atoms with van der Waals surface area (Å²) in [6.45, 7) is 6.13. The molecule has 0 unspecified atom stereocenters. The highest BCUT2D eigenvalue weighted by molar-refractivity contribution is 7.89. The Morgan fingerprint density at radius 1 is 0.806 bits per heavy atom. The molecule has 4 rings (SSSR count). The molecule has 196 valence electrons. The lowest BCUT2D eigenvalue weighted by Crippen LogP contribution is -2.17. The van der Waals surface area contributed by atoms with Gasteiger partial charge in [-0.3, -0.25) is 0 Å². The van der Waals surface area contributed by atoms with Gasteiger partial charge in [0.05, 0.1) is 18.0 Å². The van der Waals surface area contributed by atoms with Crippen LogP contribution in [0.5, 0.6) is 5.88 Å². The first-order chi connectivity index (χ1) is 16.9. The van der Waals surface area contributed by atoms with E-state index in [1.54, 1.807) is 24.3 Å². The first-order valence-electron chi connectivity index (χ1n) is 11.0. The minimum atomic E-state index is -3.89. The summed E-state index contributed by atoms with van der Waals surface area (Å²) in [5.74, 6) is 0.334. The number of hydrogen-bond acceptors (Lipinski definition) is 9. The molecule has 4 aromatic heterocycles. The predicted octanol–water partition coefficient (Wildman–Crippen LogP) is 1.71. The van der Waals surface area contributed by atoms with Crippen LogP contribution in [0.2, 0.25) is 5.15 Å². The van der Waals surface area contributed by atoms with Gasteiger partial charge in [-0.1, -0.05) is 38.3 Å². The van der Waals surface area contributed by atoms with E-state index in [0.29, 0.717) is 48.0 Å². The van der Waals surface area contributed by atoms with Crippen molar-refractivity contribution >= 4 is 42.9 Å². The average molecular weight is 559 g/mol. The van der Waals surface area contributed by atoms with Gasteiger partial charge < -0.3 is 4.74 Å². The molecule has 4 N–H and O–H groups in total. The quantitative estimate of drug-likeness (QED) is 0.324. The summed E-state index contributed by atoms with van der Waals surface area (Å²) >= 11 is 5.73. The molecule has 0 bridgehead atoms. The molecule has 36 heavy (non-hydrogen) atoms. The summed E-state index contributed by atoms with van der Waals surface area (Å²) in [5, 5.41) is 18.5. The molecule has 0 atom stereocenters. The van der Waals surface area contributed by atoms with Crippen LogP contribution in [0.4, 0.5) is 0 Å². The molecule has 0 saturated heterocycles. The topological polar surface area (TPSA) is 190 Å². The zero-order chi connectivity index (χ0) is 26.7. The van der Waals surface area contributed by atoms with Crippen molar-refractivity contribution in [1.82, 2.24) is 29.2 Å². The largest absolute Gasteiger partial charge is 0.477 e. The van der Waals surface area contributed by atoms with Crippen molar-refractivity contribution in [2.24, 2.45) is 10.3 Å². The Balaban J connectivity index is 0.000000202. The van der Waals surface area contributed by atoms with Gasteiger partial charge in [0.15, 0.2) is 21.3 Å². The van der Waals surface area contributed by atoms with Crippen LogP contribution in [0.15, 0.2) is 34.3 Å². The third-order valence-corrected chi connectivity index (χ3v) is 6.85. The Hall–Kier alpha value is -2.85. The number of rotatable bonds is 8. The zero-order valence-electron chi connectivity index (χ0n) is 19.9. The standard InChI is InChI=1S/C11H16N4O3S.C9H11ClN4O2S/c1-3-5-8-11(19(12,16)17)15-9(13-8)6-7-10(14-15)18-4-2;1-2-3-6-9(17(11,15)16)14-8(12-6)5-4-7(10)13-14/h6-7H,3-5H2,1-2H3,(H2,12,16,17);4-5H,2-3H2,1H3,(H2,11,15,16). The molecule has 0 fully saturated rings. The number of hydrogen-bond donors (Lipinski definition) is 2. The predicted molar refractivity (Wildman–Crippen MR) is 133 cm³/mol. The van der Waals surface area contributed by atoms with E-state index in [1.165, 1.54) is 9.03 Å².